The molecule has 3 aliphatic rings. The molecule has 0 atom stereocenters. The van der Waals surface area contributed by atoms with Crippen molar-refractivity contribution in [3.05, 3.63) is 34.8 Å². The lowest BCUT2D eigenvalue weighted by Crippen LogP contribution is -2.47. The molecule has 30 heavy (non-hydrogen) atoms. The third kappa shape index (κ3) is 3.65. The number of ether oxygens (including phenoxy) is 1. The number of pyridine rings is 1. The van der Waals surface area contributed by atoms with Gasteiger partial charge in [0.15, 0.2) is 0 Å². The predicted molar refractivity (Wildman–Crippen MR) is 115 cm³/mol. The van der Waals surface area contributed by atoms with Gasteiger partial charge in [-0.25, -0.2) is 15.0 Å². The summed E-state index contributed by atoms with van der Waals surface area (Å²) in [5.41, 5.74) is 3.13. The minimum Gasteiger partial charge on any atom is -0.378 e. The van der Waals surface area contributed by atoms with Gasteiger partial charge in [-0.15, -0.1) is 0 Å². The molecule has 0 aromatic carbocycles. The van der Waals surface area contributed by atoms with E-state index in [2.05, 4.69) is 37.9 Å². The van der Waals surface area contributed by atoms with Crippen molar-refractivity contribution in [3.63, 3.8) is 0 Å². The molecule has 1 aliphatic carbocycles. The van der Waals surface area contributed by atoms with Crippen molar-refractivity contribution in [2.75, 3.05) is 67.2 Å². The topological polar surface area (TPSA) is 81.4 Å². The molecule has 0 radical (unpaired) electrons. The third-order valence-corrected chi connectivity index (χ3v) is 6.20. The fraction of sp³-hybridized carbons (Fsp3) is 0.545. The second-order valence-electron chi connectivity index (χ2n) is 8.14. The summed E-state index contributed by atoms with van der Waals surface area (Å²) >= 11 is 0. The number of aromatic nitrogens is 3. The quantitative estimate of drug-likeness (QED) is 0.763. The van der Waals surface area contributed by atoms with Gasteiger partial charge in [0.2, 0.25) is 0 Å². The molecule has 0 N–H and O–H groups in total. The van der Waals surface area contributed by atoms with Crippen LogP contribution in [0, 0.1) is 18.3 Å². The first-order chi connectivity index (χ1) is 14.7. The molecule has 8 heteroatoms. The van der Waals surface area contributed by atoms with Crippen LogP contribution in [0.4, 0.5) is 17.5 Å². The van der Waals surface area contributed by atoms with Crippen LogP contribution in [0.1, 0.15) is 29.1 Å². The fourth-order valence-electron chi connectivity index (χ4n) is 4.58. The highest BCUT2D eigenvalue weighted by Crippen LogP contribution is 2.28. The number of hydrogen-bond acceptors (Lipinski definition) is 8. The van der Waals surface area contributed by atoms with Crippen molar-refractivity contribution in [2.45, 2.75) is 26.2 Å². The summed E-state index contributed by atoms with van der Waals surface area (Å²) in [6, 6.07) is 6.52. The maximum absolute atomic E-state index is 9.64. The smallest absolute Gasteiger partial charge is 0.146 e. The van der Waals surface area contributed by atoms with Crippen molar-refractivity contribution in [3.8, 4) is 6.07 Å². The average molecular weight is 406 g/mol. The third-order valence-electron chi connectivity index (χ3n) is 6.20. The van der Waals surface area contributed by atoms with Crippen molar-refractivity contribution < 1.29 is 4.74 Å². The molecule has 2 aromatic rings. The van der Waals surface area contributed by atoms with E-state index in [1.165, 1.54) is 11.3 Å². The SMILES string of the molecule is Cc1nc(N2CCOCC2)cc(N2CCN(c3nc4c(cc3C#N)CCC4)CC2)n1. The van der Waals surface area contributed by atoms with Crippen LogP contribution < -0.4 is 14.7 Å². The van der Waals surface area contributed by atoms with E-state index in [1.807, 2.05) is 6.92 Å². The fourth-order valence-corrected chi connectivity index (χ4v) is 4.58. The van der Waals surface area contributed by atoms with Crippen LogP contribution in [0.5, 0.6) is 0 Å². The van der Waals surface area contributed by atoms with Gasteiger partial charge in [0.25, 0.3) is 0 Å². The van der Waals surface area contributed by atoms with Crippen LogP contribution in [0.3, 0.4) is 0 Å². The number of aryl methyl sites for hydroxylation is 3. The van der Waals surface area contributed by atoms with Gasteiger partial charge in [0.1, 0.15) is 29.3 Å². The molecule has 0 bridgehead atoms. The Labute approximate surface area is 177 Å². The van der Waals surface area contributed by atoms with E-state index in [9.17, 15) is 5.26 Å². The summed E-state index contributed by atoms with van der Waals surface area (Å²) in [7, 11) is 0. The van der Waals surface area contributed by atoms with Gasteiger partial charge in [0, 0.05) is 51.0 Å². The number of morpholine rings is 1. The van der Waals surface area contributed by atoms with Crippen molar-refractivity contribution >= 4 is 17.5 Å². The number of fused-ring (bicyclic) bond motifs is 1. The second-order valence-corrected chi connectivity index (χ2v) is 8.14. The molecular weight excluding hydrogens is 378 g/mol. The number of nitriles is 1. The van der Waals surface area contributed by atoms with Gasteiger partial charge in [-0.1, -0.05) is 0 Å². The zero-order valence-electron chi connectivity index (χ0n) is 17.5. The Balaban J connectivity index is 1.32. The Hall–Kier alpha value is -2.92. The molecule has 0 amide bonds. The van der Waals surface area contributed by atoms with E-state index < -0.39 is 0 Å². The highest BCUT2D eigenvalue weighted by atomic mass is 16.5. The molecule has 2 aliphatic heterocycles. The van der Waals surface area contributed by atoms with Crippen molar-refractivity contribution in [1.29, 1.82) is 5.26 Å². The summed E-state index contributed by atoms with van der Waals surface area (Å²) in [4.78, 5) is 21.1. The van der Waals surface area contributed by atoms with Crippen molar-refractivity contribution in [1.82, 2.24) is 15.0 Å². The number of hydrogen-bond donors (Lipinski definition) is 0. The Morgan fingerprint density at radius 2 is 1.53 bits per heavy atom. The first-order valence-corrected chi connectivity index (χ1v) is 10.8. The Morgan fingerprint density at radius 1 is 0.867 bits per heavy atom. The largest absolute Gasteiger partial charge is 0.378 e. The lowest BCUT2D eigenvalue weighted by Gasteiger charge is -2.37. The van der Waals surface area contributed by atoms with Gasteiger partial charge in [-0.05, 0) is 37.8 Å². The van der Waals surface area contributed by atoms with Gasteiger partial charge in [-0.3, -0.25) is 0 Å². The summed E-state index contributed by atoms with van der Waals surface area (Å²) in [6.45, 7) is 8.53. The first kappa shape index (κ1) is 19.1. The van der Waals surface area contributed by atoms with E-state index >= 15 is 0 Å². The van der Waals surface area contributed by atoms with Gasteiger partial charge < -0.3 is 19.4 Å². The van der Waals surface area contributed by atoms with E-state index in [0.717, 1.165) is 95.0 Å². The van der Waals surface area contributed by atoms with E-state index in [-0.39, 0.29) is 0 Å². The Kier molecular flexibility index (Phi) is 5.13. The molecule has 0 unspecified atom stereocenters. The monoisotopic (exact) mass is 405 g/mol. The number of piperazine rings is 1. The Morgan fingerprint density at radius 3 is 2.23 bits per heavy atom. The molecule has 2 fully saturated rings. The van der Waals surface area contributed by atoms with Gasteiger partial charge >= 0.3 is 0 Å². The molecule has 156 valence electrons. The number of rotatable bonds is 3. The minimum absolute atomic E-state index is 0.705. The second kappa shape index (κ2) is 8.07. The summed E-state index contributed by atoms with van der Waals surface area (Å²) in [5.74, 6) is 3.61. The predicted octanol–water partition coefficient (Wildman–Crippen LogP) is 1.70. The zero-order valence-corrected chi connectivity index (χ0v) is 17.5. The van der Waals surface area contributed by atoms with Crippen LogP contribution in [0.2, 0.25) is 0 Å². The maximum Gasteiger partial charge on any atom is 0.146 e. The van der Waals surface area contributed by atoms with Gasteiger partial charge in [-0.2, -0.15) is 5.26 Å². The number of nitrogens with zero attached hydrogens (tertiary/aromatic N) is 7. The summed E-state index contributed by atoms with van der Waals surface area (Å²) in [5, 5.41) is 9.64. The van der Waals surface area contributed by atoms with E-state index in [1.54, 1.807) is 0 Å². The average Bonchev–Trinajstić information content (AvgIpc) is 3.26. The molecule has 8 nitrogen and oxygen atoms in total. The molecular formula is C22H27N7O. The standard InChI is InChI=1S/C22H27N7O/c1-16-24-20(14-21(25-16)28-9-11-30-12-10-28)27-5-7-29(8-6-27)22-18(15-23)13-17-3-2-4-19(17)26-22/h13-14H,2-12H2,1H3. The van der Waals surface area contributed by atoms with Crippen molar-refractivity contribution in [2.24, 2.45) is 0 Å². The molecule has 0 spiro atoms. The first-order valence-electron chi connectivity index (χ1n) is 10.8. The van der Waals surface area contributed by atoms with Crippen LogP contribution in [0.15, 0.2) is 12.1 Å². The van der Waals surface area contributed by atoms with Crippen LogP contribution in [-0.2, 0) is 17.6 Å². The molecule has 2 aromatic heterocycles. The highest BCUT2D eigenvalue weighted by Gasteiger charge is 2.25. The maximum atomic E-state index is 9.64. The Bertz CT molecular complexity index is 972. The minimum atomic E-state index is 0.705. The van der Waals surface area contributed by atoms with Gasteiger partial charge in [0.05, 0.1) is 18.8 Å². The normalized spacial score (nSPS) is 19.0. The molecule has 0 saturated carbocycles. The van der Waals surface area contributed by atoms with Crippen LogP contribution in [-0.4, -0.2) is 67.4 Å². The lowest BCUT2D eigenvalue weighted by molar-refractivity contribution is 0.122. The number of anilines is 3. The molecule has 4 heterocycles. The molecule has 5 rings (SSSR count). The summed E-state index contributed by atoms with van der Waals surface area (Å²) < 4.78 is 5.47. The van der Waals surface area contributed by atoms with Crippen LogP contribution >= 0.6 is 0 Å². The summed E-state index contributed by atoms with van der Waals surface area (Å²) in [6.07, 6.45) is 3.21. The van der Waals surface area contributed by atoms with E-state index in [0.29, 0.717) is 5.56 Å². The molecule has 2 saturated heterocycles. The highest BCUT2D eigenvalue weighted by molar-refractivity contribution is 5.58. The van der Waals surface area contributed by atoms with Crippen LogP contribution in [0.25, 0.3) is 0 Å². The lowest BCUT2D eigenvalue weighted by atomic mass is 10.1. The zero-order chi connectivity index (χ0) is 20.5. The van der Waals surface area contributed by atoms with E-state index in [4.69, 9.17) is 14.7 Å².